The Balaban J connectivity index is 1.42. The SMILES string of the molecule is Cc1nc(NCCNC(=O)C2CCN(S(C)(=O)=O)CC2)cc(N2CCOCC2)n1. The number of carbonyl (C=O) groups is 1. The molecule has 0 aromatic carbocycles. The molecule has 10 nitrogen and oxygen atoms in total. The Morgan fingerprint density at radius 3 is 2.52 bits per heavy atom. The molecule has 29 heavy (non-hydrogen) atoms. The van der Waals surface area contributed by atoms with Gasteiger partial charge in [0.25, 0.3) is 0 Å². The van der Waals surface area contributed by atoms with Crippen LogP contribution in [0, 0.1) is 12.8 Å². The number of morpholine rings is 1. The van der Waals surface area contributed by atoms with E-state index in [1.54, 1.807) is 0 Å². The van der Waals surface area contributed by atoms with Crippen molar-refractivity contribution in [3.8, 4) is 0 Å². The molecule has 0 unspecified atom stereocenters. The van der Waals surface area contributed by atoms with Gasteiger partial charge in [0.15, 0.2) is 0 Å². The summed E-state index contributed by atoms with van der Waals surface area (Å²) in [6, 6.07) is 1.92. The molecule has 2 saturated heterocycles. The molecule has 2 N–H and O–H groups in total. The number of sulfonamides is 1. The first-order valence-electron chi connectivity index (χ1n) is 9.98. The minimum atomic E-state index is -3.17. The van der Waals surface area contributed by atoms with Crippen LogP contribution in [-0.2, 0) is 19.6 Å². The first-order chi connectivity index (χ1) is 13.8. The number of nitrogens with one attached hydrogen (secondary N) is 2. The van der Waals surface area contributed by atoms with Crippen molar-refractivity contribution in [1.29, 1.82) is 0 Å². The second-order valence-electron chi connectivity index (χ2n) is 7.41. The molecule has 11 heteroatoms. The third kappa shape index (κ3) is 6.25. The number of ether oxygens (including phenoxy) is 1. The lowest BCUT2D eigenvalue weighted by atomic mass is 9.97. The fourth-order valence-corrected chi connectivity index (χ4v) is 4.44. The highest BCUT2D eigenvalue weighted by atomic mass is 32.2. The lowest BCUT2D eigenvalue weighted by Gasteiger charge is -2.29. The summed E-state index contributed by atoms with van der Waals surface area (Å²) in [5.41, 5.74) is 0. The standard InChI is InChI=1S/C18H30N6O4S/c1-14-21-16(13-17(22-14)23-9-11-28-12-10-23)19-5-6-20-18(25)15-3-7-24(8-4-15)29(2,26)27/h13,15H,3-12H2,1-2H3,(H,20,25)(H,19,21,22). The second kappa shape index (κ2) is 9.68. The summed E-state index contributed by atoms with van der Waals surface area (Å²) in [7, 11) is -3.17. The summed E-state index contributed by atoms with van der Waals surface area (Å²) in [4.78, 5) is 23.4. The minimum Gasteiger partial charge on any atom is -0.378 e. The predicted molar refractivity (Wildman–Crippen MR) is 110 cm³/mol. The number of anilines is 2. The van der Waals surface area contributed by atoms with Crippen molar-refractivity contribution in [2.75, 3.05) is 69.0 Å². The molecule has 1 amide bonds. The summed E-state index contributed by atoms with van der Waals surface area (Å²) in [5, 5.41) is 6.17. The van der Waals surface area contributed by atoms with Gasteiger partial charge in [0.2, 0.25) is 15.9 Å². The fourth-order valence-electron chi connectivity index (χ4n) is 3.57. The number of hydrogen-bond donors (Lipinski definition) is 2. The molecule has 0 aliphatic carbocycles. The number of carbonyl (C=O) groups excluding carboxylic acids is 1. The Bertz CT molecular complexity index is 805. The van der Waals surface area contributed by atoms with Gasteiger partial charge in [0.1, 0.15) is 17.5 Å². The summed E-state index contributed by atoms with van der Waals surface area (Å²) < 4.78 is 29.9. The third-order valence-corrected chi connectivity index (χ3v) is 6.49. The van der Waals surface area contributed by atoms with Crippen LogP contribution < -0.4 is 15.5 Å². The second-order valence-corrected chi connectivity index (χ2v) is 9.39. The van der Waals surface area contributed by atoms with E-state index in [0.717, 1.165) is 24.7 Å². The largest absolute Gasteiger partial charge is 0.378 e. The molecule has 3 rings (SSSR count). The molecule has 2 aliphatic heterocycles. The Kier molecular flexibility index (Phi) is 7.25. The molecule has 1 aromatic heterocycles. The van der Waals surface area contributed by atoms with Crippen molar-refractivity contribution in [3.05, 3.63) is 11.9 Å². The van der Waals surface area contributed by atoms with Gasteiger partial charge in [-0.25, -0.2) is 22.7 Å². The van der Waals surface area contributed by atoms with Crippen molar-refractivity contribution in [2.24, 2.45) is 5.92 Å². The van der Waals surface area contributed by atoms with Crippen LogP contribution in [0.2, 0.25) is 0 Å². The molecule has 1 aromatic rings. The molecule has 2 aliphatic rings. The van der Waals surface area contributed by atoms with Gasteiger partial charge in [0, 0.05) is 51.3 Å². The van der Waals surface area contributed by atoms with E-state index in [1.165, 1.54) is 10.6 Å². The van der Waals surface area contributed by atoms with Crippen molar-refractivity contribution in [3.63, 3.8) is 0 Å². The molecule has 3 heterocycles. The van der Waals surface area contributed by atoms with Crippen LogP contribution in [0.4, 0.5) is 11.6 Å². The van der Waals surface area contributed by atoms with Gasteiger partial charge < -0.3 is 20.3 Å². The maximum atomic E-state index is 12.3. The van der Waals surface area contributed by atoms with Crippen LogP contribution in [0.3, 0.4) is 0 Å². The van der Waals surface area contributed by atoms with Gasteiger partial charge >= 0.3 is 0 Å². The highest BCUT2D eigenvalue weighted by Crippen LogP contribution is 2.19. The van der Waals surface area contributed by atoms with E-state index >= 15 is 0 Å². The summed E-state index contributed by atoms with van der Waals surface area (Å²) in [6.07, 6.45) is 2.32. The van der Waals surface area contributed by atoms with Crippen LogP contribution in [-0.4, -0.2) is 87.3 Å². The van der Waals surface area contributed by atoms with Gasteiger partial charge in [-0.1, -0.05) is 0 Å². The predicted octanol–water partition coefficient (Wildman–Crippen LogP) is -0.179. The maximum absolute atomic E-state index is 12.3. The summed E-state index contributed by atoms with van der Waals surface area (Å²) >= 11 is 0. The number of aromatic nitrogens is 2. The van der Waals surface area contributed by atoms with Gasteiger partial charge in [-0.15, -0.1) is 0 Å². The van der Waals surface area contributed by atoms with E-state index in [2.05, 4.69) is 25.5 Å². The van der Waals surface area contributed by atoms with Gasteiger partial charge in [-0.05, 0) is 19.8 Å². The zero-order valence-corrected chi connectivity index (χ0v) is 17.9. The van der Waals surface area contributed by atoms with Gasteiger partial charge in [-0.3, -0.25) is 4.79 Å². The zero-order chi connectivity index (χ0) is 20.9. The Morgan fingerprint density at radius 1 is 1.17 bits per heavy atom. The lowest BCUT2D eigenvalue weighted by Crippen LogP contribution is -2.43. The average molecular weight is 427 g/mol. The molecule has 0 spiro atoms. The normalized spacial score (nSPS) is 19.2. The van der Waals surface area contributed by atoms with E-state index in [4.69, 9.17) is 4.74 Å². The van der Waals surface area contributed by atoms with Crippen molar-refractivity contribution >= 4 is 27.6 Å². The molecule has 0 radical (unpaired) electrons. The lowest BCUT2D eigenvalue weighted by molar-refractivity contribution is -0.126. The van der Waals surface area contributed by atoms with Crippen molar-refractivity contribution in [1.82, 2.24) is 19.6 Å². The first-order valence-corrected chi connectivity index (χ1v) is 11.8. The molecule has 0 saturated carbocycles. The van der Waals surface area contributed by atoms with Crippen molar-refractivity contribution in [2.45, 2.75) is 19.8 Å². The van der Waals surface area contributed by atoms with Gasteiger partial charge in [-0.2, -0.15) is 0 Å². The number of nitrogens with zero attached hydrogens (tertiary/aromatic N) is 4. The zero-order valence-electron chi connectivity index (χ0n) is 17.1. The Hall–Kier alpha value is -1.98. The Morgan fingerprint density at radius 2 is 1.86 bits per heavy atom. The van der Waals surface area contributed by atoms with Crippen LogP contribution in [0.1, 0.15) is 18.7 Å². The monoisotopic (exact) mass is 426 g/mol. The van der Waals surface area contributed by atoms with Crippen molar-refractivity contribution < 1.29 is 17.9 Å². The average Bonchev–Trinajstić information content (AvgIpc) is 2.71. The quantitative estimate of drug-likeness (QED) is 0.577. The highest BCUT2D eigenvalue weighted by molar-refractivity contribution is 7.88. The van der Waals surface area contributed by atoms with E-state index in [9.17, 15) is 13.2 Å². The molecule has 0 atom stereocenters. The smallest absolute Gasteiger partial charge is 0.223 e. The molecule has 162 valence electrons. The number of aryl methyl sites for hydroxylation is 1. The van der Waals surface area contributed by atoms with Crippen LogP contribution in [0.5, 0.6) is 0 Å². The first kappa shape index (κ1) is 21.7. The van der Waals surface area contributed by atoms with Crippen LogP contribution in [0.15, 0.2) is 6.07 Å². The van der Waals surface area contributed by atoms with Crippen LogP contribution >= 0.6 is 0 Å². The fraction of sp³-hybridized carbons (Fsp3) is 0.722. The number of rotatable bonds is 7. The number of hydrogen-bond acceptors (Lipinski definition) is 8. The highest BCUT2D eigenvalue weighted by Gasteiger charge is 2.28. The van der Waals surface area contributed by atoms with E-state index in [-0.39, 0.29) is 11.8 Å². The molecule has 0 bridgehead atoms. The maximum Gasteiger partial charge on any atom is 0.223 e. The topological polar surface area (TPSA) is 117 Å². The molecular formula is C18H30N6O4S. The van der Waals surface area contributed by atoms with E-state index in [0.29, 0.717) is 58.1 Å². The number of amides is 1. The van der Waals surface area contributed by atoms with Gasteiger partial charge in [0.05, 0.1) is 19.5 Å². The van der Waals surface area contributed by atoms with Crippen LogP contribution in [0.25, 0.3) is 0 Å². The summed E-state index contributed by atoms with van der Waals surface area (Å²) in [6.45, 7) is 6.70. The van der Waals surface area contributed by atoms with E-state index in [1.807, 2.05) is 13.0 Å². The Labute approximate surface area is 172 Å². The third-order valence-electron chi connectivity index (χ3n) is 5.18. The minimum absolute atomic E-state index is 0.0205. The summed E-state index contributed by atoms with van der Waals surface area (Å²) in [5.74, 6) is 2.15. The number of piperidine rings is 1. The molecular weight excluding hydrogens is 396 g/mol. The van der Waals surface area contributed by atoms with E-state index < -0.39 is 10.0 Å². The molecule has 2 fully saturated rings.